The van der Waals surface area contributed by atoms with Crippen LogP contribution >= 0.6 is 0 Å². The van der Waals surface area contributed by atoms with Crippen molar-refractivity contribution in [1.82, 2.24) is 0 Å². The predicted octanol–water partition coefficient (Wildman–Crippen LogP) is 2.77. The molecule has 0 aromatic heterocycles. The highest BCUT2D eigenvalue weighted by molar-refractivity contribution is 5.71. The average Bonchev–Trinajstić information content (AvgIpc) is 2.05. The van der Waals surface area contributed by atoms with E-state index in [1.807, 2.05) is 13.8 Å². The molecule has 0 fully saturated rings. The minimum Gasteiger partial charge on any atom is -0.466 e. The summed E-state index contributed by atoms with van der Waals surface area (Å²) in [6.07, 6.45) is 4.52. The van der Waals surface area contributed by atoms with E-state index in [2.05, 4.69) is 6.92 Å². The van der Waals surface area contributed by atoms with Gasteiger partial charge in [-0.1, -0.05) is 33.1 Å². The van der Waals surface area contributed by atoms with Crippen LogP contribution in [-0.2, 0) is 9.53 Å². The quantitative estimate of drug-likeness (QED) is 0.455. The summed E-state index contributed by atoms with van der Waals surface area (Å²) in [4.78, 5) is 11.1. The Morgan fingerprint density at radius 2 is 2.00 bits per heavy atom. The maximum Gasteiger partial charge on any atom is 0.308 e. The largest absolute Gasteiger partial charge is 0.466 e. The third-order valence-corrected chi connectivity index (χ3v) is 1.93. The topological polar surface area (TPSA) is 26.3 Å². The molecule has 0 spiro atoms. The second-order valence-corrected chi connectivity index (χ2v) is 3.15. The Labute approximate surface area is 75.3 Å². The zero-order chi connectivity index (χ0) is 9.40. The minimum atomic E-state index is -0.0476. The lowest BCUT2D eigenvalue weighted by molar-refractivity contribution is -0.147. The van der Waals surface area contributed by atoms with Crippen LogP contribution in [0, 0.1) is 5.92 Å². The third kappa shape index (κ3) is 5.16. The molecule has 12 heavy (non-hydrogen) atoms. The van der Waals surface area contributed by atoms with Gasteiger partial charge in [0.2, 0.25) is 0 Å². The standard InChI is InChI=1S/C10H20O2/c1-4-6-7-8-9(3)10(11)12-5-2/h9H,4-8H2,1-3H3/t9-/m1/s1. The van der Waals surface area contributed by atoms with E-state index >= 15 is 0 Å². The number of rotatable bonds is 6. The summed E-state index contributed by atoms with van der Waals surface area (Å²) in [5.41, 5.74) is 0. The molecule has 0 N–H and O–H groups in total. The van der Waals surface area contributed by atoms with Crippen molar-refractivity contribution >= 4 is 5.97 Å². The molecule has 0 bridgehead atoms. The lowest BCUT2D eigenvalue weighted by Gasteiger charge is -2.09. The first kappa shape index (κ1) is 11.5. The normalized spacial score (nSPS) is 12.6. The minimum absolute atomic E-state index is 0.0476. The number of carbonyl (C=O) groups is 1. The van der Waals surface area contributed by atoms with Crippen molar-refractivity contribution in [3.63, 3.8) is 0 Å². The summed E-state index contributed by atoms with van der Waals surface area (Å²) in [5, 5.41) is 0. The molecule has 2 heteroatoms. The summed E-state index contributed by atoms with van der Waals surface area (Å²) < 4.78 is 4.90. The highest BCUT2D eigenvalue weighted by Gasteiger charge is 2.12. The fourth-order valence-electron chi connectivity index (χ4n) is 1.10. The van der Waals surface area contributed by atoms with Crippen LogP contribution in [0.5, 0.6) is 0 Å². The molecular weight excluding hydrogens is 152 g/mol. The van der Waals surface area contributed by atoms with Gasteiger partial charge in [-0.15, -0.1) is 0 Å². The van der Waals surface area contributed by atoms with Gasteiger partial charge in [0.05, 0.1) is 12.5 Å². The first-order valence-corrected chi connectivity index (χ1v) is 4.89. The van der Waals surface area contributed by atoms with Gasteiger partial charge in [-0.25, -0.2) is 0 Å². The molecule has 0 aromatic rings. The van der Waals surface area contributed by atoms with E-state index in [9.17, 15) is 4.79 Å². The first-order chi connectivity index (χ1) is 5.72. The molecular formula is C10H20O2. The van der Waals surface area contributed by atoms with Gasteiger partial charge in [-0.05, 0) is 13.3 Å². The summed E-state index contributed by atoms with van der Waals surface area (Å²) in [6, 6.07) is 0. The second-order valence-electron chi connectivity index (χ2n) is 3.15. The Balaban J connectivity index is 3.42. The fraction of sp³-hybridized carbons (Fsp3) is 0.900. The van der Waals surface area contributed by atoms with Gasteiger partial charge in [-0.2, -0.15) is 0 Å². The van der Waals surface area contributed by atoms with Crippen LogP contribution in [0.25, 0.3) is 0 Å². The van der Waals surface area contributed by atoms with Gasteiger partial charge < -0.3 is 4.74 Å². The maximum absolute atomic E-state index is 11.1. The molecule has 0 aliphatic carbocycles. The second kappa shape index (κ2) is 7.14. The molecule has 0 aliphatic rings. The van der Waals surface area contributed by atoms with E-state index in [0.29, 0.717) is 6.61 Å². The molecule has 0 aliphatic heterocycles. The molecule has 1 atom stereocenters. The number of hydrogen-bond donors (Lipinski definition) is 0. The maximum atomic E-state index is 11.1. The lowest BCUT2D eigenvalue weighted by Crippen LogP contribution is -2.14. The van der Waals surface area contributed by atoms with Crippen LogP contribution < -0.4 is 0 Å². The van der Waals surface area contributed by atoms with Crippen molar-refractivity contribution in [2.24, 2.45) is 5.92 Å². The van der Waals surface area contributed by atoms with Gasteiger partial charge in [0.15, 0.2) is 0 Å². The van der Waals surface area contributed by atoms with E-state index in [4.69, 9.17) is 4.74 Å². The molecule has 0 saturated heterocycles. The van der Waals surface area contributed by atoms with E-state index in [0.717, 1.165) is 12.8 Å². The van der Waals surface area contributed by atoms with Crippen LogP contribution in [0.15, 0.2) is 0 Å². The summed E-state index contributed by atoms with van der Waals surface area (Å²) in [7, 11) is 0. The van der Waals surface area contributed by atoms with Crippen LogP contribution in [0.3, 0.4) is 0 Å². The molecule has 0 rings (SSSR count). The van der Waals surface area contributed by atoms with Crippen LogP contribution in [0.4, 0.5) is 0 Å². The number of unbranched alkanes of at least 4 members (excludes halogenated alkanes) is 2. The Hall–Kier alpha value is -0.530. The molecule has 2 nitrogen and oxygen atoms in total. The van der Waals surface area contributed by atoms with Crippen molar-refractivity contribution in [2.45, 2.75) is 46.5 Å². The van der Waals surface area contributed by atoms with Gasteiger partial charge in [0.25, 0.3) is 0 Å². The smallest absolute Gasteiger partial charge is 0.308 e. The van der Waals surface area contributed by atoms with Crippen molar-refractivity contribution in [1.29, 1.82) is 0 Å². The number of hydrogen-bond acceptors (Lipinski definition) is 2. The van der Waals surface area contributed by atoms with Gasteiger partial charge in [-0.3, -0.25) is 4.79 Å². The molecule has 72 valence electrons. The molecule has 0 amide bonds. The first-order valence-electron chi connectivity index (χ1n) is 4.89. The summed E-state index contributed by atoms with van der Waals surface area (Å²) in [6.45, 7) is 6.44. The third-order valence-electron chi connectivity index (χ3n) is 1.93. The summed E-state index contributed by atoms with van der Waals surface area (Å²) in [5.74, 6) is 0.0325. The Morgan fingerprint density at radius 3 is 2.50 bits per heavy atom. The number of carbonyl (C=O) groups excluding carboxylic acids is 1. The average molecular weight is 172 g/mol. The Kier molecular flexibility index (Phi) is 6.82. The molecule has 0 heterocycles. The molecule has 0 radical (unpaired) electrons. The zero-order valence-electron chi connectivity index (χ0n) is 8.43. The SMILES string of the molecule is CCCCC[C@@H](C)C(=O)OCC. The van der Waals surface area contributed by atoms with Crippen molar-refractivity contribution in [3.05, 3.63) is 0 Å². The van der Waals surface area contributed by atoms with E-state index < -0.39 is 0 Å². The van der Waals surface area contributed by atoms with Crippen LogP contribution in [0.2, 0.25) is 0 Å². The fourth-order valence-corrected chi connectivity index (χ4v) is 1.10. The Morgan fingerprint density at radius 1 is 1.33 bits per heavy atom. The monoisotopic (exact) mass is 172 g/mol. The van der Waals surface area contributed by atoms with E-state index in [1.54, 1.807) is 0 Å². The van der Waals surface area contributed by atoms with Crippen molar-refractivity contribution in [2.75, 3.05) is 6.61 Å². The van der Waals surface area contributed by atoms with Crippen molar-refractivity contribution in [3.8, 4) is 0 Å². The van der Waals surface area contributed by atoms with Gasteiger partial charge >= 0.3 is 5.97 Å². The van der Waals surface area contributed by atoms with Crippen LogP contribution in [0.1, 0.15) is 46.5 Å². The Bertz CT molecular complexity index is 121. The predicted molar refractivity (Wildman–Crippen MR) is 49.9 cm³/mol. The summed E-state index contributed by atoms with van der Waals surface area (Å²) >= 11 is 0. The lowest BCUT2D eigenvalue weighted by atomic mass is 10.0. The van der Waals surface area contributed by atoms with Gasteiger partial charge in [0.1, 0.15) is 0 Å². The van der Waals surface area contributed by atoms with E-state index in [1.165, 1.54) is 12.8 Å². The number of ether oxygens (including phenoxy) is 1. The highest BCUT2D eigenvalue weighted by Crippen LogP contribution is 2.10. The van der Waals surface area contributed by atoms with Crippen molar-refractivity contribution < 1.29 is 9.53 Å². The number of esters is 1. The zero-order valence-corrected chi connectivity index (χ0v) is 8.43. The van der Waals surface area contributed by atoms with Crippen LogP contribution in [-0.4, -0.2) is 12.6 Å². The molecule has 0 saturated carbocycles. The van der Waals surface area contributed by atoms with Gasteiger partial charge in [0, 0.05) is 0 Å². The van der Waals surface area contributed by atoms with E-state index in [-0.39, 0.29) is 11.9 Å². The highest BCUT2D eigenvalue weighted by atomic mass is 16.5. The molecule has 0 aromatic carbocycles. The molecule has 0 unspecified atom stereocenters.